The number of carbonyl (C=O) groups is 1. The van der Waals surface area contributed by atoms with Crippen molar-refractivity contribution in [2.45, 2.75) is 11.3 Å². The zero-order valence-electron chi connectivity index (χ0n) is 17.4. The Hall–Kier alpha value is -2.82. The third-order valence-corrected chi connectivity index (χ3v) is 6.06. The van der Waals surface area contributed by atoms with E-state index in [4.69, 9.17) is 25.8 Å². The topological polar surface area (TPSA) is 94.9 Å². The summed E-state index contributed by atoms with van der Waals surface area (Å²) in [6, 6.07) is 12.5. The van der Waals surface area contributed by atoms with Gasteiger partial charge >= 0.3 is 0 Å². The van der Waals surface area contributed by atoms with E-state index in [0.717, 1.165) is 15.1 Å². The number of halogens is 1. The number of aromatic nitrogens is 2. The van der Waals surface area contributed by atoms with Gasteiger partial charge in [-0.25, -0.2) is 5.43 Å². The monoisotopic (exact) mass is 492 g/mol. The van der Waals surface area contributed by atoms with Crippen LogP contribution >= 0.6 is 34.7 Å². The standard InChI is InChI=1S/C21H21ClN4O4S2/c1-14-24-26-21(32-14)31-13-20(27)25-23-12-15-10-16(22)6-7-19(15)30-9-8-29-18-5-3-4-17(11-18)28-2/h3-7,10-12H,8-9,13H2,1-2H3,(H,25,27)/b23-12-. The van der Waals surface area contributed by atoms with Crippen molar-refractivity contribution in [3.63, 3.8) is 0 Å². The minimum absolute atomic E-state index is 0.187. The van der Waals surface area contributed by atoms with Gasteiger partial charge in [-0.15, -0.1) is 10.2 Å². The number of hydrogen-bond donors (Lipinski definition) is 1. The number of carbonyl (C=O) groups excluding carboxylic acids is 1. The number of hydrazone groups is 1. The fraction of sp³-hybridized carbons (Fsp3) is 0.238. The van der Waals surface area contributed by atoms with Crippen LogP contribution < -0.4 is 19.6 Å². The molecule has 1 heterocycles. The molecule has 0 saturated carbocycles. The summed E-state index contributed by atoms with van der Waals surface area (Å²) in [4.78, 5) is 12.0. The van der Waals surface area contributed by atoms with Crippen LogP contribution in [0.3, 0.4) is 0 Å². The quantitative estimate of drug-likeness (QED) is 0.185. The van der Waals surface area contributed by atoms with E-state index < -0.39 is 0 Å². The van der Waals surface area contributed by atoms with E-state index in [9.17, 15) is 4.79 Å². The van der Waals surface area contributed by atoms with Gasteiger partial charge in [0.05, 0.1) is 19.1 Å². The van der Waals surface area contributed by atoms with E-state index >= 15 is 0 Å². The van der Waals surface area contributed by atoms with Gasteiger partial charge in [0.2, 0.25) is 0 Å². The van der Waals surface area contributed by atoms with Gasteiger partial charge in [-0.2, -0.15) is 5.10 Å². The molecular formula is C21H21ClN4O4S2. The van der Waals surface area contributed by atoms with Crippen LogP contribution in [0.15, 0.2) is 51.9 Å². The molecule has 2 aromatic carbocycles. The predicted molar refractivity (Wildman–Crippen MR) is 127 cm³/mol. The lowest BCUT2D eigenvalue weighted by molar-refractivity contribution is -0.118. The number of aryl methyl sites for hydroxylation is 1. The molecule has 3 rings (SSSR count). The third-order valence-electron chi connectivity index (χ3n) is 3.85. The summed E-state index contributed by atoms with van der Waals surface area (Å²) in [5, 5.41) is 13.3. The van der Waals surface area contributed by atoms with Gasteiger partial charge < -0.3 is 14.2 Å². The van der Waals surface area contributed by atoms with Gasteiger partial charge in [0, 0.05) is 16.7 Å². The number of hydrogen-bond acceptors (Lipinski definition) is 9. The number of rotatable bonds is 11. The highest BCUT2D eigenvalue weighted by Gasteiger charge is 2.07. The van der Waals surface area contributed by atoms with E-state index in [1.165, 1.54) is 29.3 Å². The van der Waals surface area contributed by atoms with Crippen molar-refractivity contribution in [1.82, 2.24) is 15.6 Å². The SMILES string of the molecule is COc1cccc(OCCOc2ccc(Cl)cc2/C=N\NC(=O)CSc2nnc(C)s2)c1. The van der Waals surface area contributed by atoms with Crippen LogP contribution in [-0.2, 0) is 4.79 Å². The van der Waals surface area contributed by atoms with Crippen molar-refractivity contribution >= 4 is 46.8 Å². The Bertz CT molecular complexity index is 1080. The van der Waals surface area contributed by atoms with Crippen molar-refractivity contribution in [3.8, 4) is 17.2 Å². The molecule has 1 aromatic heterocycles. The Labute approximate surface area is 198 Å². The molecule has 0 unspecified atom stereocenters. The summed E-state index contributed by atoms with van der Waals surface area (Å²) >= 11 is 8.84. The summed E-state index contributed by atoms with van der Waals surface area (Å²) in [5.74, 6) is 1.91. The first-order valence-corrected chi connectivity index (χ1v) is 11.7. The number of ether oxygens (including phenoxy) is 3. The highest BCUT2D eigenvalue weighted by molar-refractivity contribution is 8.01. The van der Waals surface area contributed by atoms with Crippen molar-refractivity contribution in [2.75, 3.05) is 26.1 Å². The maximum Gasteiger partial charge on any atom is 0.250 e. The lowest BCUT2D eigenvalue weighted by Crippen LogP contribution is -2.19. The minimum Gasteiger partial charge on any atom is -0.497 e. The maximum atomic E-state index is 12.0. The number of nitrogens with one attached hydrogen (secondary N) is 1. The van der Waals surface area contributed by atoms with Crippen LogP contribution in [0.4, 0.5) is 0 Å². The first kappa shape index (κ1) is 23.8. The summed E-state index contributed by atoms with van der Waals surface area (Å²) in [7, 11) is 1.60. The predicted octanol–water partition coefficient (Wildman–Crippen LogP) is 4.21. The molecule has 0 radical (unpaired) electrons. The molecule has 168 valence electrons. The first-order chi connectivity index (χ1) is 15.5. The molecule has 0 fully saturated rings. The first-order valence-electron chi connectivity index (χ1n) is 9.47. The zero-order valence-corrected chi connectivity index (χ0v) is 19.8. The van der Waals surface area contributed by atoms with E-state index in [1.807, 2.05) is 25.1 Å². The molecule has 8 nitrogen and oxygen atoms in total. The van der Waals surface area contributed by atoms with Crippen LogP contribution in [-0.4, -0.2) is 48.4 Å². The van der Waals surface area contributed by atoms with Crippen LogP contribution in [0.25, 0.3) is 0 Å². The van der Waals surface area contributed by atoms with Gasteiger partial charge in [-0.3, -0.25) is 4.79 Å². The van der Waals surface area contributed by atoms with E-state index in [1.54, 1.807) is 31.4 Å². The second-order valence-corrected chi connectivity index (χ2v) is 9.07. The highest BCUT2D eigenvalue weighted by Crippen LogP contribution is 2.23. The average Bonchev–Trinajstić information content (AvgIpc) is 3.21. The van der Waals surface area contributed by atoms with Gasteiger partial charge in [0.15, 0.2) is 4.34 Å². The number of benzene rings is 2. The Morgan fingerprint density at radius 1 is 1.19 bits per heavy atom. The summed E-state index contributed by atoms with van der Waals surface area (Å²) in [6.45, 7) is 2.51. The zero-order chi connectivity index (χ0) is 22.8. The van der Waals surface area contributed by atoms with E-state index in [-0.39, 0.29) is 11.7 Å². The van der Waals surface area contributed by atoms with Crippen molar-refractivity contribution in [3.05, 3.63) is 58.1 Å². The molecule has 0 aliphatic rings. The minimum atomic E-state index is -0.254. The van der Waals surface area contributed by atoms with E-state index in [2.05, 4.69) is 20.7 Å². The molecule has 32 heavy (non-hydrogen) atoms. The fourth-order valence-corrected chi connectivity index (χ4v) is 4.21. The normalized spacial score (nSPS) is 10.8. The van der Waals surface area contributed by atoms with Gasteiger partial charge in [-0.05, 0) is 37.3 Å². The van der Waals surface area contributed by atoms with E-state index in [0.29, 0.717) is 35.3 Å². The average molecular weight is 493 g/mol. The Kier molecular flexibility index (Phi) is 9.14. The number of amides is 1. The molecule has 0 aliphatic heterocycles. The highest BCUT2D eigenvalue weighted by atomic mass is 35.5. The molecule has 1 N–H and O–H groups in total. The second kappa shape index (κ2) is 12.3. The third kappa shape index (κ3) is 7.70. The lowest BCUT2D eigenvalue weighted by atomic mass is 10.2. The molecule has 0 spiro atoms. The maximum absolute atomic E-state index is 12.0. The largest absolute Gasteiger partial charge is 0.497 e. The van der Waals surface area contributed by atoms with Crippen LogP contribution in [0.2, 0.25) is 5.02 Å². The number of nitrogens with zero attached hydrogens (tertiary/aromatic N) is 3. The second-order valence-electron chi connectivity index (χ2n) is 6.23. The molecule has 11 heteroatoms. The summed E-state index contributed by atoms with van der Waals surface area (Å²) in [6.07, 6.45) is 1.49. The van der Waals surface area contributed by atoms with Gasteiger partial charge in [-0.1, -0.05) is 40.8 Å². The fourth-order valence-electron chi connectivity index (χ4n) is 2.42. The van der Waals surface area contributed by atoms with Gasteiger partial charge in [0.25, 0.3) is 5.91 Å². The summed E-state index contributed by atoms with van der Waals surface area (Å²) in [5.41, 5.74) is 3.12. The molecule has 0 aliphatic carbocycles. The molecule has 0 bridgehead atoms. The van der Waals surface area contributed by atoms with Crippen LogP contribution in [0.1, 0.15) is 10.6 Å². The smallest absolute Gasteiger partial charge is 0.250 e. The molecule has 0 atom stereocenters. The van der Waals surface area contributed by atoms with Crippen LogP contribution in [0, 0.1) is 6.92 Å². The molecule has 1 amide bonds. The molecule has 0 saturated heterocycles. The summed E-state index contributed by atoms with van der Waals surface area (Å²) < 4.78 is 17.4. The van der Waals surface area contributed by atoms with Crippen molar-refractivity contribution in [1.29, 1.82) is 0 Å². The number of thioether (sulfide) groups is 1. The van der Waals surface area contributed by atoms with Crippen LogP contribution in [0.5, 0.6) is 17.2 Å². The van der Waals surface area contributed by atoms with Crippen molar-refractivity contribution in [2.24, 2.45) is 5.10 Å². The van der Waals surface area contributed by atoms with Gasteiger partial charge in [0.1, 0.15) is 35.5 Å². The Morgan fingerprint density at radius 3 is 2.78 bits per heavy atom. The number of methoxy groups -OCH3 is 1. The Morgan fingerprint density at radius 2 is 2.00 bits per heavy atom. The lowest BCUT2D eigenvalue weighted by Gasteiger charge is -2.11. The molecular weight excluding hydrogens is 472 g/mol. The molecule has 3 aromatic rings. The van der Waals surface area contributed by atoms with Crippen molar-refractivity contribution < 1.29 is 19.0 Å². The Balaban J connectivity index is 1.48.